The van der Waals surface area contributed by atoms with Gasteiger partial charge in [-0.05, 0) is 43.4 Å². The molecule has 172 valence electrons. The van der Waals surface area contributed by atoms with Crippen molar-refractivity contribution in [1.82, 2.24) is 4.90 Å². The molecule has 2 amide bonds. The smallest absolute Gasteiger partial charge is 0.229 e. The number of hydrogen-bond acceptors (Lipinski definition) is 5. The molecule has 2 aromatic carbocycles. The number of carbonyl (C=O) groups excluding carboxylic acids is 2. The average Bonchev–Trinajstić information content (AvgIpc) is 3.19. The van der Waals surface area contributed by atoms with E-state index in [1.165, 1.54) is 7.11 Å². The molecule has 0 aromatic heterocycles. The van der Waals surface area contributed by atoms with Gasteiger partial charge in [0.1, 0.15) is 18.1 Å². The van der Waals surface area contributed by atoms with Crippen LogP contribution in [-0.4, -0.2) is 56.6 Å². The minimum Gasteiger partial charge on any atom is -0.495 e. The second-order valence-electron chi connectivity index (χ2n) is 7.58. The van der Waals surface area contributed by atoms with E-state index in [1.807, 2.05) is 18.2 Å². The van der Waals surface area contributed by atoms with Crippen LogP contribution in [0.1, 0.15) is 20.3 Å². The van der Waals surface area contributed by atoms with Crippen LogP contribution in [0, 0.1) is 5.92 Å². The van der Waals surface area contributed by atoms with E-state index in [0.717, 1.165) is 19.6 Å². The molecule has 1 N–H and O–H groups in total. The van der Waals surface area contributed by atoms with Gasteiger partial charge in [-0.1, -0.05) is 37.6 Å². The molecule has 0 bridgehead atoms. The van der Waals surface area contributed by atoms with E-state index < -0.39 is 5.92 Å². The molecule has 1 aliphatic heterocycles. The first-order chi connectivity index (χ1) is 15.5. The molecule has 0 saturated carbocycles. The summed E-state index contributed by atoms with van der Waals surface area (Å²) >= 11 is 6.11. The number of ether oxygens (including phenoxy) is 2. The van der Waals surface area contributed by atoms with Crippen molar-refractivity contribution < 1.29 is 19.1 Å². The van der Waals surface area contributed by atoms with Crippen molar-refractivity contribution in [2.75, 3.05) is 50.1 Å². The Morgan fingerprint density at radius 3 is 2.66 bits per heavy atom. The summed E-state index contributed by atoms with van der Waals surface area (Å²) in [6, 6.07) is 12.4. The van der Waals surface area contributed by atoms with Crippen LogP contribution >= 0.6 is 11.6 Å². The zero-order valence-corrected chi connectivity index (χ0v) is 19.5. The van der Waals surface area contributed by atoms with Gasteiger partial charge >= 0.3 is 0 Å². The second-order valence-corrected chi connectivity index (χ2v) is 8.02. The fourth-order valence-electron chi connectivity index (χ4n) is 3.75. The summed E-state index contributed by atoms with van der Waals surface area (Å²) in [4.78, 5) is 29.5. The lowest BCUT2D eigenvalue weighted by atomic mass is 10.1. The highest BCUT2D eigenvalue weighted by Crippen LogP contribution is 2.35. The van der Waals surface area contributed by atoms with E-state index in [9.17, 15) is 9.59 Å². The van der Waals surface area contributed by atoms with Gasteiger partial charge in [0.05, 0.1) is 24.4 Å². The molecule has 1 atom stereocenters. The predicted molar refractivity (Wildman–Crippen MR) is 127 cm³/mol. The van der Waals surface area contributed by atoms with E-state index in [4.69, 9.17) is 21.1 Å². The molecule has 8 heteroatoms. The van der Waals surface area contributed by atoms with Crippen LogP contribution in [0.3, 0.4) is 0 Å². The van der Waals surface area contributed by atoms with Gasteiger partial charge in [0.25, 0.3) is 0 Å². The highest BCUT2D eigenvalue weighted by atomic mass is 35.5. The number of nitrogens with one attached hydrogen (secondary N) is 1. The monoisotopic (exact) mass is 459 g/mol. The quantitative estimate of drug-likeness (QED) is 0.580. The number of benzene rings is 2. The summed E-state index contributed by atoms with van der Waals surface area (Å²) in [5.74, 6) is 0.299. The van der Waals surface area contributed by atoms with Crippen LogP contribution in [0.15, 0.2) is 42.5 Å². The average molecular weight is 460 g/mol. The Morgan fingerprint density at radius 2 is 1.94 bits per heavy atom. The van der Waals surface area contributed by atoms with Gasteiger partial charge in [-0.15, -0.1) is 0 Å². The van der Waals surface area contributed by atoms with Crippen LogP contribution in [0.25, 0.3) is 0 Å². The van der Waals surface area contributed by atoms with Crippen molar-refractivity contribution in [3.63, 3.8) is 0 Å². The summed E-state index contributed by atoms with van der Waals surface area (Å²) in [6.45, 7) is 7.74. The number of rotatable bonds is 10. The van der Waals surface area contributed by atoms with E-state index in [-0.39, 0.29) is 24.8 Å². The van der Waals surface area contributed by atoms with Crippen LogP contribution in [0.2, 0.25) is 5.02 Å². The second kappa shape index (κ2) is 11.2. The third-order valence-corrected chi connectivity index (χ3v) is 5.87. The summed E-state index contributed by atoms with van der Waals surface area (Å²) < 4.78 is 11.3. The van der Waals surface area contributed by atoms with Crippen LogP contribution in [-0.2, 0) is 9.59 Å². The minimum atomic E-state index is -0.491. The largest absolute Gasteiger partial charge is 0.495 e. The fourth-order valence-corrected chi connectivity index (χ4v) is 3.91. The van der Waals surface area contributed by atoms with Gasteiger partial charge in [0.2, 0.25) is 11.8 Å². The molecule has 7 nitrogen and oxygen atoms in total. The topological polar surface area (TPSA) is 71.1 Å². The number of methoxy groups -OCH3 is 1. The highest BCUT2D eigenvalue weighted by Gasteiger charge is 2.36. The molecule has 1 heterocycles. The third-order valence-electron chi connectivity index (χ3n) is 5.63. The molecule has 2 aromatic rings. The summed E-state index contributed by atoms with van der Waals surface area (Å²) in [6.07, 6.45) is 0.118. The lowest BCUT2D eigenvalue weighted by Gasteiger charge is -2.20. The van der Waals surface area contributed by atoms with Crippen molar-refractivity contribution >= 4 is 34.8 Å². The van der Waals surface area contributed by atoms with Crippen LogP contribution in [0.4, 0.5) is 11.4 Å². The third kappa shape index (κ3) is 5.72. The number of hydrogen-bond donors (Lipinski definition) is 1. The first-order valence-corrected chi connectivity index (χ1v) is 11.2. The van der Waals surface area contributed by atoms with E-state index in [2.05, 4.69) is 24.1 Å². The van der Waals surface area contributed by atoms with Gasteiger partial charge in [0, 0.05) is 24.5 Å². The highest BCUT2D eigenvalue weighted by molar-refractivity contribution is 6.31. The normalized spacial score (nSPS) is 15.8. The number of likely N-dealkylation sites (N-methyl/N-ethyl adjacent to an activating group) is 1. The van der Waals surface area contributed by atoms with Gasteiger partial charge in [-0.2, -0.15) is 0 Å². The molecule has 1 fully saturated rings. The summed E-state index contributed by atoms with van der Waals surface area (Å²) in [7, 11) is 1.54. The first-order valence-electron chi connectivity index (χ1n) is 10.9. The summed E-state index contributed by atoms with van der Waals surface area (Å²) in [5, 5.41) is 3.43. The number of anilines is 2. The Balaban J connectivity index is 1.66. The van der Waals surface area contributed by atoms with Crippen molar-refractivity contribution in [1.29, 1.82) is 0 Å². The molecule has 3 rings (SSSR count). The molecule has 0 aliphatic carbocycles. The van der Waals surface area contributed by atoms with E-state index >= 15 is 0 Å². The summed E-state index contributed by atoms with van der Waals surface area (Å²) in [5.41, 5.74) is 1.17. The Bertz CT molecular complexity index is 949. The molecular formula is C24H30ClN3O4. The van der Waals surface area contributed by atoms with Crippen LogP contribution in [0.5, 0.6) is 11.5 Å². The molecule has 1 aliphatic rings. The number of halogens is 1. The SMILES string of the molecule is CCN(CC)CCOc1ccccc1NC(=O)C1CC(=O)N(c2cc(Cl)ccc2OC)C1. The van der Waals surface area contributed by atoms with Crippen molar-refractivity contribution in [2.45, 2.75) is 20.3 Å². The Kier molecular flexibility index (Phi) is 8.36. The lowest BCUT2D eigenvalue weighted by molar-refractivity contribution is -0.122. The Morgan fingerprint density at radius 1 is 1.19 bits per heavy atom. The van der Waals surface area contributed by atoms with Gasteiger partial charge in [0.15, 0.2) is 0 Å². The molecule has 32 heavy (non-hydrogen) atoms. The molecular weight excluding hydrogens is 430 g/mol. The molecule has 1 unspecified atom stereocenters. The van der Waals surface area contributed by atoms with Crippen molar-refractivity contribution in [2.24, 2.45) is 5.92 Å². The number of para-hydroxylation sites is 2. The Labute approximate surface area is 194 Å². The lowest BCUT2D eigenvalue weighted by Crippen LogP contribution is -2.29. The number of amides is 2. The molecule has 0 spiro atoms. The van der Waals surface area contributed by atoms with Gasteiger partial charge < -0.3 is 24.6 Å². The van der Waals surface area contributed by atoms with Crippen molar-refractivity contribution in [3.8, 4) is 11.5 Å². The van der Waals surface area contributed by atoms with Gasteiger partial charge in [-0.25, -0.2) is 0 Å². The van der Waals surface area contributed by atoms with E-state index in [0.29, 0.717) is 34.5 Å². The van der Waals surface area contributed by atoms with Gasteiger partial charge in [-0.3, -0.25) is 9.59 Å². The number of nitrogens with zero attached hydrogens (tertiary/aromatic N) is 2. The molecule has 0 radical (unpaired) electrons. The van der Waals surface area contributed by atoms with Crippen molar-refractivity contribution in [3.05, 3.63) is 47.5 Å². The van der Waals surface area contributed by atoms with Crippen LogP contribution < -0.4 is 19.7 Å². The maximum absolute atomic E-state index is 13.0. The predicted octanol–water partition coefficient (Wildman–Crippen LogP) is 4.06. The minimum absolute atomic E-state index is 0.118. The molecule has 1 saturated heterocycles. The zero-order valence-electron chi connectivity index (χ0n) is 18.8. The zero-order chi connectivity index (χ0) is 23.1. The fraction of sp³-hybridized carbons (Fsp3) is 0.417. The maximum Gasteiger partial charge on any atom is 0.229 e. The Hall–Kier alpha value is -2.77. The maximum atomic E-state index is 13.0. The van der Waals surface area contributed by atoms with E-state index in [1.54, 1.807) is 29.2 Å². The standard InChI is InChI=1S/C24H30ClN3O4/c1-4-27(5-2)12-13-32-21-9-7-6-8-19(21)26-24(30)17-14-23(29)28(16-17)20-15-18(25)10-11-22(20)31-3/h6-11,15,17H,4-5,12-14,16H2,1-3H3,(H,26,30). The number of carbonyl (C=O) groups is 2. The first kappa shape index (κ1) is 23.9.